The number of nitrogens with zero attached hydrogens (tertiary/aromatic N) is 2. The van der Waals surface area contributed by atoms with E-state index in [2.05, 4.69) is 8.75 Å². The molecule has 4 nitrogen and oxygen atoms in total. The molecule has 0 aliphatic heterocycles. The predicted molar refractivity (Wildman–Crippen MR) is 55.0 cm³/mol. The maximum absolute atomic E-state index is 9.91. The lowest BCUT2D eigenvalue weighted by Gasteiger charge is -2.30. The van der Waals surface area contributed by atoms with Gasteiger partial charge in [-0.2, -0.15) is 8.75 Å². The molecule has 2 unspecified atom stereocenters. The lowest BCUT2D eigenvalue weighted by molar-refractivity contribution is 0.0582. The minimum atomic E-state index is -0.269. The average molecular weight is 213 g/mol. The summed E-state index contributed by atoms with van der Waals surface area (Å²) in [7, 11) is 0. The summed E-state index contributed by atoms with van der Waals surface area (Å²) in [6.45, 7) is 0.533. The fourth-order valence-corrected chi connectivity index (χ4v) is 2.69. The standard InChI is InChI=1S/C9H15N3OS/c10-6-9(3-1-2-8(9)13)4-7-5-11-14-12-7/h5,8,13H,1-4,6,10H2. The smallest absolute Gasteiger partial charge is 0.0750 e. The summed E-state index contributed by atoms with van der Waals surface area (Å²) in [5, 5.41) is 9.91. The van der Waals surface area contributed by atoms with Crippen LogP contribution in [0.1, 0.15) is 25.0 Å². The third-order valence-electron chi connectivity index (χ3n) is 3.21. The van der Waals surface area contributed by atoms with Gasteiger partial charge in [0, 0.05) is 18.4 Å². The average Bonchev–Trinajstić information content (AvgIpc) is 2.79. The predicted octanol–water partition coefficient (Wildman–Crippen LogP) is 0.571. The van der Waals surface area contributed by atoms with Crippen LogP contribution < -0.4 is 5.73 Å². The van der Waals surface area contributed by atoms with Gasteiger partial charge in [-0.25, -0.2) is 0 Å². The SMILES string of the molecule is NCC1(Cc2cnsn2)CCCC1O. The van der Waals surface area contributed by atoms with Crippen LogP contribution in [0.15, 0.2) is 6.20 Å². The Morgan fingerprint density at radius 2 is 2.57 bits per heavy atom. The number of hydrogen-bond acceptors (Lipinski definition) is 5. The lowest BCUT2D eigenvalue weighted by atomic mass is 9.80. The van der Waals surface area contributed by atoms with Gasteiger partial charge in [-0.3, -0.25) is 0 Å². The van der Waals surface area contributed by atoms with Crippen LogP contribution in [0.5, 0.6) is 0 Å². The molecule has 0 radical (unpaired) electrons. The van der Waals surface area contributed by atoms with Crippen LogP contribution in [-0.4, -0.2) is 26.5 Å². The zero-order chi connectivity index (χ0) is 10.0. The normalized spacial score (nSPS) is 32.3. The van der Waals surface area contributed by atoms with Gasteiger partial charge in [0.1, 0.15) is 0 Å². The zero-order valence-corrected chi connectivity index (χ0v) is 8.83. The Labute approximate surface area is 87.5 Å². The number of aliphatic hydroxyl groups excluding tert-OH is 1. The lowest BCUT2D eigenvalue weighted by Crippen LogP contribution is -2.39. The van der Waals surface area contributed by atoms with E-state index in [1.54, 1.807) is 6.20 Å². The molecule has 3 N–H and O–H groups in total. The third-order valence-corrected chi connectivity index (χ3v) is 3.72. The molecule has 1 aromatic heterocycles. The Morgan fingerprint density at radius 1 is 1.71 bits per heavy atom. The highest BCUT2D eigenvalue weighted by Gasteiger charge is 2.41. The van der Waals surface area contributed by atoms with Crippen molar-refractivity contribution in [3.05, 3.63) is 11.9 Å². The summed E-state index contributed by atoms with van der Waals surface area (Å²) in [5.74, 6) is 0. The van der Waals surface area contributed by atoms with Crippen LogP contribution in [0.2, 0.25) is 0 Å². The second kappa shape index (κ2) is 3.92. The Hall–Kier alpha value is -0.520. The number of nitrogens with two attached hydrogens (primary N) is 1. The van der Waals surface area contributed by atoms with Crippen molar-refractivity contribution in [3.63, 3.8) is 0 Å². The molecule has 1 saturated carbocycles. The molecule has 14 heavy (non-hydrogen) atoms. The van der Waals surface area contributed by atoms with Gasteiger partial charge in [0.15, 0.2) is 0 Å². The maximum atomic E-state index is 9.91. The molecule has 0 saturated heterocycles. The Morgan fingerprint density at radius 3 is 3.07 bits per heavy atom. The summed E-state index contributed by atoms with van der Waals surface area (Å²) in [6, 6.07) is 0. The molecule has 2 atom stereocenters. The van der Waals surface area contributed by atoms with E-state index in [9.17, 15) is 5.11 Å². The second-order valence-corrected chi connectivity index (χ2v) is 4.61. The molecule has 1 fully saturated rings. The molecule has 1 aliphatic carbocycles. The monoisotopic (exact) mass is 213 g/mol. The van der Waals surface area contributed by atoms with Gasteiger partial charge in [0.25, 0.3) is 0 Å². The van der Waals surface area contributed by atoms with Crippen molar-refractivity contribution in [1.29, 1.82) is 0 Å². The highest BCUT2D eigenvalue weighted by molar-refractivity contribution is 6.99. The van der Waals surface area contributed by atoms with Gasteiger partial charge in [-0.15, -0.1) is 0 Å². The van der Waals surface area contributed by atoms with Gasteiger partial charge in [0.05, 0.1) is 29.7 Å². The minimum Gasteiger partial charge on any atom is -0.392 e. The van der Waals surface area contributed by atoms with Gasteiger partial charge in [-0.1, -0.05) is 6.42 Å². The largest absolute Gasteiger partial charge is 0.392 e. The van der Waals surface area contributed by atoms with Crippen molar-refractivity contribution in [1.82, 2.24) is 8.75 Å². The van der Waals surface area contributed by atoms with Crippen LogP contribution in [0, 0.1) is 5.41 Å². The van der Waals surface area contributed by atoms with Crippen molar-refractivity contribution < 1.29 is 5.11 Å². The summed E-state index contributed by atoms with van der Waals surface area (Å²) in [6.07, 6.45) is 5.20. The van der Waals surface area contributed by atoms with Crippen LogP contribution in [0.4, 0.5) is 0 Å². The first kappa shape index (κ1) is 10.0. The number of aromatic nitrogens is 2. The van der Waals surface area contributed by atoms with E-state index >= 15 is 0 Å². The van der Waals surface area contributed by atoms with E-state index in [1.807, 2.05) is 0 Å². The van der Waals surface area contributed by atoms with E-state index in [4.69, 9.17) is 5.73 Å². The molecule has 1 aromatic rings. The molecule has 0 spiro atoms. The first-order valence-electron chi connectivity index (χ1n) is 4.91. The molecule has 0 bridgehead atoms. The Bertz CT molecular complexity index is 290. The molecule has 1 aliphatic rings. The molecular formula is C9H15N3OS. The molecule has 78 valence electrons. The number of rotatable bonds is 3. The molecule has 0 aromatic carbocycles. The third kappa shape index (κ3) is 1.67. The van der Waals surface area contributed by atoms with Crippen molar-refractivity contribution >= 4 is 11.7 Å². The van der Waals surface area contributed by atoms with Crippen LogP contribution in [0.25, 0.3) is 0 Å². The summed E-state index contributed by atoms with van der Waals surface area (Å²) < 4.78 is 8.13. The maximum Gasteiger partial charge on any atom is 0.0750 e. The highest BCUT2D eigenvalue weighted by Crippen LogP contribution is 2.40. The fourth-order valence-electron chi connectivity index (χ4n) is 2.26. The van der Waals surface area contributed by atoms with Crippen LogP contribution >= 0.6 is 11.7 Å². The van der Waals surface area contributed by atoms with Crippen LogP contribution in [-0.2, 0) is 6.42 Å². The fraction of sp³-hybridized carbons (Fsp3) is 0.778. The van der Waals surface area contributed by atoms with E-state index in [1.165, 1.54) is 11.7 Å². The Balaban J connectivity index is 2.13. The number of aliphatic hydroxyl groups is 1. The van der Waals surface area contributed by atoms with Gasteiger partial charge < -0.3 is 10.8 Å². The summed E-state index contributed by atoms with van der Waals surface area (Å²) in [4.78, 5) is 0. The second-order valence-electron chi connectivity index (χ2n) is 4.05. The van der Waals surface area contributed by atoms with E-state index in [-0.39, 0.29) is 11.5 Å². The zero-order valence-electron chi connectivity index (χ0n) is 8.02. The van der Waals surface area contributed by atoms with E-state index in [0.29, 0.717) is 6.54 Å². The summed E-state index contributed by atoms with van der Waals surface area (Å²) in [5.41, 5.74) is 6.59. The van der Waals surface area contributed by atoms with Crippen molar-refractivity contribution in [2.75, 3.05) is 6.54 Å². The topological polar surface area (TPSA) is 72.0 Å². The van der Waals surface area contributed by atoms with Gasteiger partial charge in [-0.05, 0) is 12.8 Å². The van der Waals surface area contributed by atoms with Gasteiger partial charge >= 0.3 is 0 Å². The Kier molecular flexibility index (Phi) is 2.80. The molecule has 0 amide bonds. The van der Waals surface area contributed by atoms with Crippen molar-refractivity contribution in [2.24, 2.45) is 11.1 Å². The molecule has 1 heterocycles. The summed E-state index contributed by atoms with van der Waals surface area (Å²) >= 11 is 1.21. The molecular weight excluding hydrogens is 198 g/mol. The van der Waals surface area contributed by atoms with Crippen molar-refractivity contribution in [2.45, 2.75) is 31.8 Å². The van der Waals surface area contributed by atoms with Crippen molar-refractivity contribution in [3.8, 4) is 0 Å². The first-order valence-corrected chi connectivity index (χ1v) is 5.64. The quantitative estimate of drug-likeness (QED) is 0.770. The molecule has 2 rings (SSSR count). The minimum absolute atomic E-state index is 0.143. The number of hydrogen-bond donors (Lipinski definition) is 2. The van der Waals surface area contributed by atoms with Gasteiger partial charge in [0.2, 0.25) is 0 Å². The van der Waals surface area contributed by atoms with E-state index < -0.39 is 0 Å². The highest BCUT2D eigenvalue weighted by atomic mass is 32.1. The molecule has 5 heteroatoms. The first-order chi connectivity index (χ1) is 6.77. The van der Waals surface area contributed by atoms with E-state index in [0.717, 1.165) is 31.4 Å². The van der Waals surface area contributed by atoms with Crippen LogP contribution in [0.3, 0.4) is 0 Å².